The van der Waals surface area contributed by atoms with Gasteiger partial charge in [-0.05, 0) is 81.0 Å². The lowest BCUT2D eigenvalue weighted by atomic mass is 9.95. The van der Waals surface area contributed by atoms with Crippen LogP contribution in [0.1, 0.15) is 58.4 Å². The van der Waals surface area contributed by atoms with Crippen LogP contribution in [0.15, 0.2) is 23.6 Å². The molecule has 2 aromatic rings. The van der Waals surface area contributed by atoms with E-state index in [4.69, 9.17) is 32.7 Å². The molecule has 0 radical (unpaired) electrons. The maximum Gasteiger partial charge on any atom is 0.410 e. The largest absolute Gasteiger partial charge is 0.469 e. The molecule has 0 bridgehead atoms. The first-order valence-electron chi connectivity index (χ1n) is 15.2. The number of likely N-dealkylation sites (tertiary alicyclic amines) is 2. The molecule has 11 nitrogen and oxygen atoms in total. The Labute approximate surface area is 282 Å². The maximum absolute atomic E-state index is 13.2. The number of methoxy groups -OCH3 is 1. The van der Waals surface area contributed by atoms with Crippen LogP contribution < -0.4 is 10.6 Å². The molecule has 2 saturated heterocycles. The summed E-state index contributed by atoms with van der Waals surface area (Å²) in [5.74, 6) is -2.22. The number of thiophene rings is 1. The van der Waals surface area contributed by atoms with Gasteiger partial charge in [-0.15, -0.1) is 11.3 Å². The third-order valence-electron chi connectivity index (χ3n) is 7.98. The zero-order chi connectivity index (χ0) is 33.6. The van der Waals surface area contributed by atoms with Crippen molar-refractivity contribution < 1.29 is 33.4 Å². The van der Waals surface area contributed by atoms with Crippen LogP contribution in [0, 0.1) is 11.8 Å². The van der Waals surface area contributed by atoms with E-state index in [2.05, 4.69) is 10.6 Å². The number of esters is 1. The van der Waals surface area contributed by atoms with E-state index in [9.17, 15) is 24.0 Å². The van der Waals surface area contributed by atoms with Crippen molar-refractivity contribution in [3.05, 3.63) is 39.2 Å². The molecule has 1 aromatic heterocycles. The summed E-state index contributed by atoms with van der Waals surface area (Å²) in [6, 6.07) is 3.83. The van der Waals surface area contributed by atoms with Gasteiger partial charge in [-0.25, -0.2) is 4.79 Å². The van der Waals surface area contributed by atoms with Crippen LogP contribution >= 0.6 is 34.5 Å². The summed E-state index contributed by atoms with van der Waals surface area (Å²) in [4.78, 5) is 66.9. The minimum Gasteiger partial charge on any atom is -0.469 e. The smallest absolute Gasteiger partial charge is 0.410 e. The molecule has 4 amide bonds. The highest BCUT2D eigenvalue weighted by Crippen LogP contribution is 2.37. The van der Waals surface area contributed by atoms with E-state index in [0.29, 0.717) is 67.5 Å². The van der Waals surface area contributed by atoms with Gasteiger partial charge in [0.15, 0.2) is 0 Å². The van der Waals surface area contributed by atoms with E-state index >= 15 is 0 Å². The number of hydrogen-bond donors (Lipinski definition) is 2. The van der Waals surface area contributed by atoms with Gasteiger partial charge in [0.25, 0.3) is 0 Å². The number of ether oxygens (including phenoxy) is 2. The number of halogens is 2. The van der Waals surface area contributed by atoms with Gasteiger partial charge < -0.3 is 29.9 Å². The van der Waals surface area contributed by atoms with Gasteiger partial charge in [-0.2, -0.15) is 0 Å². The van der Waals surface area contributed by atoms with Crippen molar-refractivity contribution in [1.29, 1.82) is 0 Å². The zero-order valence-electron chi connectivity index (χ0n) is 26.4. The first kappa shape index (κ1) is 35.5. The van der Waals surface area contributed by atoms with Crippen molar-refractivity contribution in [2.45, 2.75) is 64.6 Å². The second-order valence-corrected chi connectivity index (χ2v) is 14.1. The Morgan fingerprint density at radius 3 is 2.07 bits per heavy atom. The number of benzene rings is 1. The van der Waals surface area contributed by atoms with Crippen molar-refractivity contribution in [2.75, 3.05) is 33.3 Å². The Kier molecular flexibility index (Phi) is 12.0. The van der Waals surface area contributed by atoms with Crippen LogP contribution in [-0.2, 0) is 28.7 Å². The normalized spacial score (nSPS) is 17.2. The topological polar surface area (TPSA) is 134 Å². The standard InChI is InChI=1S/C32H40Cl2N4O7S/c1-32(2,3)45-31(43)38-14-9-20(10-15-38)30(42)36-23(18-25(40)44-4)35-29(41)19-7-12-37(13-8-19)24(39)6-5-21-17-22-11-16-46-28(22)27(34)26(21)33/h5-6,11,16-17,19-20,23H,7-10,12-15,18H2,1-4H3,(H,35,41)(H,36,42)/b6-5+. The quantitative estimate of drug-likeness (QED) is 0.220. The number of nitrogens with zero attached hydrogens (tertiary/aromatic N) is 2. The molecule has 14 heteroatoms. The van der Waals surface area contributed by atoms with Gasteiger partial charge in [0, 0.05) is 44.1 Å². The van der Waals surface area contributed by atoms with Crippen molar-refractivity contribution in [3.63, 3.8) is 0 Å². The average molecular weight is 696 g/mol. The second-order valence-electron chi connectivity index (χ2n) is 12.5. The van der Waals surface area contributed by atoms with Gasteiger partial charge in [-0.3, -0.25) is 19.2 Å². The summed E-state index contributed by atoms with van der Waals surface area (Å²) in [7, 11) is 1.24. The summed E-state index contributed by atoms with van der Waals surface area (Å²) in [5.41, 5.74) is 0.0325. The van der Waals surface area contributed by atoms with Crippen LogP contribution in [0.25, 0.3) is 16.2 Å². The van der Waals surface area contributed by atoms with E-state index in [1.807, 2.05) is 17.5 Å². The molecule has 4 rings (SSSR count). The molecular formula is C32H40Cl2N4O7S. The van der Waals surface area contributed by atoms with Gasteiger partial charge in [0.1, 0.15) is 11.8 Å². The van der Waals surface area contributed by atoms with Crippen molar-refractivity contribution >= 4 is 80.5 Å². The monoisotopic (exact) mass is 694 g/mol. The second kappa shape index (κ2) is 15.5. The van der Waals surface area contributed by atoms with Gasteiger partial charge >= 0.3 is 12.1 Å². The number of carbonyl (C=O) groups excluding carboxylic acids is 5. The fourth-order valence-corrected chi connectivity index (χ4v) is 6.88. The molecule has 2 fully saturated rings. The SMILES string of the molecule is COC(=O)CC(NC(=O)C1CCN(C(=O)/C=C/c2cc3ccsc3c(Cl)c2Cl)CC1)NC(=O)C1CCN(C(=O)OC(C)(C)C)CC1. The lowest BCUT2D eigenvalue weighted by Crippen LogP contribution is -2.54. The van der Waals surface area contributed by atoms with E-state index in [1.165, 1.54) is 24.5 Å². The number of nitrogens with one attached hydrogen (secondary N) is 2. The summed E-state index contributed by atoms with van der Waals surface area (Å²) in [6.45, 7) is 6.83. The van der Waals surface area contributed by atoms with Gasteiger partial charge in [0.05, 0.1) is 28.3 Å². The molecule has 46 heavy (non-hydrogen) atoms. The van der Waals surface area contributed by atoms with Crippen LogP contribution in [0.4, 0.5) is 4.79 Å². The molecular weight excluding hydrogens is 655 g/mol. The molecule has 2 aliphatic heterocycles. The van der Waals surface area contributed by atoms with E-state index in [0.717, 1.165) is 10.1 Å². The van der Waals surface area contributed by atoms with Crippen molar-refractivity contribution in [2.24, 2.45) is 11.8 Å². The lowest BCUT2D eigenvalue weighted by molar-refractivity contribution is -0.142. The zero-order valence-corrected chi connectivity index (χ0v) is 28.7. The molecule has 1 atom stereocenters. The molecule has 0 aliphatic carbocycles. The lowest BCUT2D eigenvalue weighted by Gasteiger charge is -2.34. The van der Waals surface area contributed by atoms with Crippen molar-refractivity contribution in [1.82, 2.24) is 20.4 Å². The Morgan fingerprint density at radius 1 is 0.957 bits per heavy atom. The molecule has 3 heterocycles. The first-order valence-corrected chi connectivity index (χ1v) is 16.9. The number of hydrogen-bond acceptors (Lipinski definition) is 8. The number of rotatable bonds is 8. The third kappa shape index (κ3) is 9.36. The fraction of sp³-hybridized carbons (Fsp3) is 0.531. The highest BCUT2D eigenvalue weighted by molar-refractivity contribution is 7.18. The number of carbonyl (C=O) groups is 5. The van der Waals surface area contributed by atoms with E-state index in [1.54, 1.807) is 36.6 Å². The minimum absolute atomic E-state index is 0.204. The average Bonchev–Trinajstić information content (AvgIpc) is 3.50. The first-order chi connectivity index (χ1) is 21.8. The Balaban J connectivity index is 1.28. The summed E-state index contributed by atoms with van der Waals surface area (Å²) >= 11 is 14.3. The fourth-order valence-electron chi connectivity index (χ4n) is 5.44. The molecule has 2 aliphatic rings. The van der Waals surface area contributed by atoms with Crippen LogP contribution in [0.5, 0.6) is 0 Å². The predicted molar refractivity (Wildman–Crippen MR) is 177 cm³/mol. The molecule has 250 valence electrons. The summed E-state index contributed by atoms with van der Waals surface area (Å²) in [5, 5.41) is 9.29. The van der Waals surface area contributed by atoms with E-state index < -0.39 is 35.7 Å². The highest BCUT2D eigenvalue weighted by atomic mass is 35.5. The Hall–Kier alpha value is -3.35. The van der Waals surface area contributed by atoms with Gasteiger partial charge in [-0.1, -0.05) is 23.2 Å². The highest BCUT2D eigenvalue weighted by Gasteiger charge is 2.33. The molecule has 2 N–H and O–H groups in total. The third-order valence-corrected chi connectivity index (χ3v) is 9.93. The minimum atomic E-state index is -0.962. The van der Waals surface area contributed by atoms with Crippen LogP contribution in [0.2, 0.25) is 10.0 Å². The predicted octanol–water partition coefficient (Wildman–Crippen LogP) is 5.23. The Bertz CT molecular complexity index is 1490. The van der Waals surface area contributed by atoms with Gasteiger partial charge in [0.2, 0.25) is 17.7 Å². The molecule has 0 spiro atoms. The van der Waals surface area contributed by atoms with Crippen LogP contribution in [-0.4, -0.2) is 84.6 Å². The summed E-state index contributed by atoms with van der Waals surface area (Å²) in [6.07, 6.45) is 3.16. The summed E-state index contributed by atoms with van der Waals surface area (Å²) < 4.78 is 11.1. The van der Waals surface area contributed by atoms with Crippen LogP contribution in [0.3, 0.4) is 0 Å². The molecule has 1 unspecified atom stereocenters. The molecule has 0 saturated carbocycles. The number of piperidine rings is 2. The molecule has 1 aromatic carbocycles. The van der Waals surface area contributed by atoms with E-state index in [-0.39, 0.29) is 24.1 Å². The number of amides is 4. The maximum atomic E-state index is 13.2. The number of fused-ring (bicyclic) bond motifs is 1. The Morgan fingerprint density at radius 2 is 1.52 bits per heavy atom. The van der Waals surface area contributed by atoms with Crippen molar-refractivity contribution in [3.8, 4) is 0 Å².